The van der Waals surface area contributed by atoms with Crippen molar-refractivity contribution in [3.8, 4) is 56.8 Å². The summed E-state index contributed by atoms with van der Waals surface area (Å²) >= 11 is 0. The molecule has 0 fully saturated rings. The largest absolute Gasteiger partial charge is 0.457 e. The number of rotatable bonds is 3. The smallest absolute Gasteiger partial charge is 0.164 e. The standard InChI is InChI=1S/C44H27N3O/c1-3-13-28(14-4-1)41-45-42(29-15-5-2-6-16-29)47-43(46-41)32-23-24-39-37(26-32)44(38-25-30-17-7-8-18-31(30)27-40(38)48-39)35-21-11-9-19-33(35)34-20-10-12-22-36(34)44/h1-27H. The Hall–Kier alpha value is -6.39. The molecular formula is C44H27N3O. The fourth-order valence-corrected chi connectivity index (χ4v) is 7.66. The first-order valence-electron chi connectivity index (χ1n) is 16.2. The molecule has 1 spiro atoms. The van der Waals surface area contributed by atoms with Crippen LogP contribution in [0.2, 0.25) is 0 Å². The topological polar surface area (TPSA) is 47.9 Å². The fourth-order valence-electron chi connectivity index (χ4n) is 7.66. The molecule has 0 saturated heterocycles. The Morgan fingerprint density at radius 1 is 0.354 bits per heavy atom. The third kappa shape index (κ3) is 3.86. The zero-order chi connectivity index (χ0) is 31.7. The summed E-state index contributed by atoms with van der Waals surface area (Å²) in [4.78, 5) is 15.1. The van der Waals surface area contributed by atoms with Gasteiger partial charge in [-0.3, -0.25) is 0 Å². The molecule has 48 heavy (non-hydrogen) atoms. The Bertz CT molecular complexity index is 2440. The van der Waals surface area contributed by atoms with Crippen LogP contribution < -0.4 is 4.74 Å². The summed E-state index contributed by atoms with van der Waals surface area (Å²) in [5, 5.41) is 2.33. The van der Waals surface area contributed by atoms with Gasteiger partial charge in [-0.2, -0.15) is 0 Å². The van der Waals surface area contributed by atoms with Crippen LogP contribution in [0.25, 0.3) is 56.1 Å². The minimum atomic E-state index is -0.603. The van der Waals surface area contributed by atoms with E-state index in [4.69, 9.17) is 19.7 Å². The number of aromatic nitrogens is 3. The minimum Gasteiger partial charge on any atom is -0.457 e. The van der Waals surface area contributed by atoms with E-state index in [2.05, 4.69) is 103 Å². The Labute approximate surface area is 278 Å². The Morgan fingerprint density at radius 3 is 1.44 bits per heavy atom. The molecular weight excluding hydrogens is 587 g/mol. The van der Waals surface area contributed by atoms with E-state index in [1.165, 1.54) is 27.6 Å². The number of fused-ring (bicyclic) bond motifs is 10. The third-order valence-electron chi connectivity index (χ3n) is 9.77. The highest BCUT2D eigenvalue weighted by Gasteiger charge is 2.51. The summed E-state index contributed by atoms with van der Waals surface area (Å²) in [6.07, 6.45) is 0. The summed E-state index contributed by atoms with van der Waals surface area (Å²) in [7, 11) is 0. The molecule has 4 nitrogen and oxygen atoms in total. The first-order chi connectivity index (χ1) is 23.8. The van der Waals surface area contributed by atoms with Gasteiger partial charge in [-0.15, -0.1) is 0 Å². The summed E-state index contributed by atoms with van der Waals surface area (Å²) in [5.74, 6) is 3.59. The molecule has 0 radical (unpaired) electrons. The van der Waals surface area contributed by atoms with Gasteiger partial charge >= 0.3 is 0 Å². The molecule has 224 valence electrons. The van der Waals surface area contributed by atoms with Crippen LogP contribution in [0, 0.1) is 0 Å². The van der Waals surface area contributed by atoms with Gasteiger partial charge in [-0.05, 0) is 63.4 Å². The van der Waals surface area contributed by atoms with E-state index < -0.39 is 5.41 Å². The van der Waals surface area contributed by atoms with Crippen molar-refractivity contribution >= 4 is 10.8 Å². The lowest BCUT2D eigenvalue weighted by atomic mass is 9.65. The maximum absolute atomic E-state index is 6.83. The van der Waals surface area contributed by atoms with Crippen LogP contribution in [0.5, 0.6) is 11.5 Å². The van der Waals surface area contributed by atoms with E-state index in [1.54, 1.807) is 0 Å². The number of benzene rings is 7. The van der Waals surface area contributed by atoms with Crippen molar-refractivity contribution in [2.75, 3.05) is 0 Å². The Balaban J connectivity index is 1.27. The zero-order valence-corrected chi connectivity index (χ0v) is 25.8. The number of ether oxygens (including phenoxy) is 1. The van der Waals surface area contributed by atoms with Gasteiger partial charge in [-0.1, -0.05) is 133 Å². The fraction of sp³-hybridized carbons (Fsp3) is 0.0227. The lowest BCUT2D eigenvalue weighted by molar-refractivity contribution is 0.437. The molecule has 0 atom stereocenters. The van der Waals surface area contributed by atoms with Gasteiger partial charge in [0.05, 0.1) is 5.41 Å². The second-order valence-electron chi connectivity index (χ2n) is 12.4. The number of nitrogens with zero attached hydrogens (tertiary/aromatic N) is 3. The quantitative estimate of drug-likeness (QED) is 0.199. The first-order valence-corrected chi connectivity index (χ1v) is 16.2. The van der Waals surface area contributed by atoms with E-state index in [-0.39, 0.29) is 0 Å². The average molecular weight is 614 g/mol. The van der Waals surface area contributed by atoms with Gasteiger partial charge in [0.2, 0.25) is 0 Å². The summed E-state index contributed by atoms with van der Waals surface area (Å²) in [6.45, 7) is 0. The molecule has 0 bridgehead atoms. The molecule has 1 aliphatic heterocycles. The maximum atomic E-state index is 6.83. The molecule has 2 heterocycles. The van der Waals surface area contributed by atoms with Gasteiger partial charge in [0.25, 0.3) is 0 Å². The van der Waals surface area contributed by atoms with Gasteiger partial charge in [0.1, 0.15) is 11.5 Å². The summed E-state index contributed by atoms with van der Waals surface area (Å²) < 4.78 is 6.83. The van der Waals surface area contributed by atoms with E-state index >= 15 is 0 Å². The van der Waals surface area contributed by atoms with Gasteiger partial charge in [0, 0.05) is 27.8 Å². The second kappa shape index (κ2) is 10.3. The summed E-state index contributed by atoms with van der Waals surface area (Å²) in [5.41, 5.74) is 9.35. The number of hydrogen-bond acceptors (Lipinski definition) is 4. The van der Waals surface area contributed by atoms with Crippen molar-refractivity contribution in [3.05, 3.63) is 186 Å². The highest BCUT2D eigenvalue weighted by Crippen LogP contribution is 2.62. The van der Waals surface area contributed by atoms with Crippen LogP contribution in [0.15, 0.2) is 164 Å². The van der Waals surface area contributed by atoms with Gasteiger partial charge in [0.15, 0.2) is 17.5 Å². The lowest BCUT2D eigenvalue weighted by Gasteiger charge is -2.39. The van der Waals surface area contributed by atoms with Crippen molar-refractivity contribution in [2.24, 2.45) is 0 Å². The van der Waals surface area contributed by atoms with Crippen molar-refractivity contribution in [1.29, 1.82) is 0 Å². The van der Waals surface area contributed by atoms with Crippen molar-refractivity contribution < 1.29 is 4.74 Å². The Morgan fingerprint density at radius 2 is 0.833 bits per heavy atom. The van der Waals surface area contributed by atoms with Crippen molar-refractivity contribution in [3.63, 3.8) is 0 Å². The zero-order valence-electron chi connectivity index (χ0n) is 25.8. The minimum absolute atomic E-state index is 0.603. The van der Waals surface area contributed by atoms with E-state index in [0.717, 1.165) is 44.7 Å². The van der Waals surface area contributed by atoms with Crippen LogP contribution in [-0.4, -0.2) is 15.0 Å². The molecule has 0 amide bonds. The highest BCUT2D eigenvalue weighted by molar-refractivity contribution is 5.93. The van der Waals surface area contributed by atoms with Crippen LogP contribution in [0.3, 0.4) is 0 Å². The first kappa shape index (κ1) is 26.8. The van der Waals surface area contributed by atoms with Crippen molar-refractivity contribution in [1.82, 2.24) is 15.0 Å². The number of hydrogen-bond donors (Lipinski definition) is 0. The Kier molecular flexibility index (Phi) is 5.75. The molecule has 0 N–H and O–H groups in total. The monoisotopic (exact) mass is 613 g/mol. The van der Waals surface area contributed by atoms with E-state index in [0.29, 0.717) is 17.5 Å². The molecule has 0 unspecified atom stereocenters. The third-order valence-corrected chi connectivity index (χ3v) is 9.77. The van der Waals surface area contributed by atoms with Crippen LogP contribution in [0.1, 0.15) is 22.3 Å². The molecule has 8 aromatic rings. The molecule has 1 aromatic heterocycles. The molecule has 1 aliphatic carbocycles. The average Bonchev–Trinajstić information content (AvgIpc) is 3.45. The molecule has 4 heteroatoms. The molecule has 0 saturated carbocycles. The van der Waals surface area contributed by atoms with E-state index in [1.807, 2.05) is 60.7 Å². The molecule has 10 rings (SSSR count). The predicted molar refractivity (Wildman–Crippen MR) is 191 cm³/mol. The second-order valence-corrected chi connectivity index (χ2v) is 12.4. The maximum Gasteiger partial charge on any atom is 0.164 e. The summed E-state index contributed by atoms with van der Waals surface area (Å²) in [6, 6.07) is 57.2. The normalized spacial score (nSPS) is 13.3. The van der Waals surface area contributed by atoms with Crippen LogP contribution in [0.4, 0.5) is 0 Å². The van der Waals surface area contributed by atoms with Crippen LogP contribution in [-0.2, 0) is 5.41 Å². The van der Waals surface area contributed by atoms with Crippen molar-refractivity contribution in [2.45, 2.75) is 5.41 Å². The SMILES string of the molecule is c1ccc(-c2nc(-c3ccccc3)nc(-c3ccc4c(c3)C3(c5cc6ccccc6cc5O4)c4ccccc4-c4ccccc43)n2)cc1. The van der Waals surface area contributed by atoms with Crippen LogP contribution >= 0.6 is 0 Å². The van der Waals surface area contributed by atoms with Gasteiger partial charge < -0.3 is 4.74 Å². The predicted octanol–water partition coefficient (Wildman–Crippen LogP) is 10.5. The molecule has 7 aromatic carbocycles. The van der Waals surface area contributed by atoms with Gasteiger partial charge in [-0.25, -0.2) is 15.0 Å². The lowest BCUT2D eigenvalue weighted by Crippen LogP contribution is -2.32. The molecule has 2 aliphatic rings. The van der Waals surface area contributed by atoms with E-state index in [9.17, 15) is 0 Å². The highest BCUT2D eigenvalue weighted by atomic mass is 16.5.